The number of likely N-dealkylation sites (N-methyl/N-ethyl adjacent to an activating group) is 1. The number of allylic oxidation sites excluding steroid dienone is 6. The van der Waals surface area contributed by atoms with Crippen molar-refractivity contribution in [3.05, 3.63) is 36.5 Å². The van der Waals surface area contributed by atoms with Crippen LogP contribution in [-0.4, -0.2) is 70.0 Å². The summed E-state index contributed by atoms with van der Waals surface area (Å²) in [5.74, 6) is -0.807. The van der Waals surface area contributed by atoms with Crippen LogP contribution < -0.4 is 4.89 Å². The quantitative estimate of drug-likeness (QED) is 0.0195. The number of unbranched alkanes of at least 4 members (excludes halogenated alkanes) is 60. The van der Waals surface area contributed by atoms with Crippen LogP contribution in [0.2, 0.25) is 0 Å². The molecular weight excluding hydrogens is 1190 g/mol. The van der Waals surface area contributed by atoms with Crippen molar-refractivity contribution >= 4 is 19.8 Å². The van der Waals surface area contributed by atoms with Crippen LogP contribution >= 0.6 is 7.82 Å². The normalized spacial score (nSPS) is 13.1. The molecule has 0 rings (SSSR count). The Bertz CT molecular complexity index is 1690. The molecule has 0 aromatic heterocycles. The highest BCUT2D eigenvalue weighted by Gasteiger charge is 2.22. The molecule has 0 aliphatic carbocycles. The van der Waals surface area contributed by atoms with Gasteiger partial charge in [-0.25, -0.2) is 0 Å². The summed E-state index contributed by atoms with van der Waals surface area (Å²) < 4.78 is 34.5. The maximum atomic E-state index is 12.9. The van der Waals surface area contributed by atoms with Gasteiger partial charge in [-0.2, -0.15) is 0 Å². The molecule has 0 aromatic carbocycles. The number of phosphoric ester groups is 1. The third kappa shape index (κ3) is 81.1. The van der Waals surface area contributed by atoms with Crippen molar-refractivity contribution in [1.82, 2.24) is 0 Å². The fraction of sp³-hybridized carbons (Fsp3) is 0.906. The van der Waals surface area contributed by atoms with Crippen molar-refractivity contribution in [2.24, 2.45) is 0 Å². The molecule has 0 spiro atoms. The van der Waals surface area contributed by atoms with Gasteiger partial charge in [-0.1, -0.05) is 416 Å². The summed E-state index contributed by atoms with van der Waals surface area (Å²) in [6.07, 6.45) is 100. The molecule has 0 saturated carbocycles. The molecule has 0 fully saturated rings. The number of carbonyl (C=O) groups is 2. The number of phosphoric acid groups is 1. The van der Waals surface area contributed by atoms with Crippen LogP contribution in [-0.2, 0) is 32.7 Å². The standard InChI is InChI=1S/C85H164NO8P/c1-6-8-10-12-14-16-18-20-22-24-26-28-30-32-34-36-38-40-41-42-43-44-46-47-49-51-53-55-57-59-61-63-65-67-69-71-73-75-77-84(87)91-81-83(82-93-95(89,90)92-80-79-86(3,4)5)94-85(88)78-76-74-72-70-68-66-64-62-60-58-56-54-52-50-48-45-39-37-35-33-31-29-27-25-23-21-19-17-15-13-11-9-7-2/h19,21,25,27,31,33,83H,6-18,20,22-24,26,28-30,32,34-82H2,1-5H3/b21-19-,27-25-,33-31-. The van der Waals surface area contributed by atoms with Crippen molar-refractivity contribution in [1.29, 1.82) is 0 Å². The molecule has 0 N–H and O–H groups in total. The number of ether oxygens (including phenoxy) is 2. The van der Waals surface area contributed by atoms with E-state index in [4.69, 9.17) is 18.5 Å². The average Bonchev–Trinajstić information content (AvgIpc) is 1.80. The SMILES string of the molecule is CCCCCCC/C=C\C/C=C\C/C=C\CCCCCCCCCCCCCCCCCCCCC(=O)OC(COC(=O)CCCCCCCCCCCCCCCCCCCCCCCCCCCCCCCCCCCCCCCC)COP(=O)([O-])OCC[N+](C)(C)C. The predicted octanol–water partition coefficient (Wildman–Crippen LogP) is 27.5. The molecule has 0 saturated heterocycles. The molecule has 0 amide bonds. The van der Waals surface area contributed by atoms with Gasteiger partial charge < -0.3 is 27.9 Å². The van der Waals surface area contributed by atoms with Gasteiger partial charge in [0.15, 0.2) is 6.10 Å². The second kappa shape index (κ2) is 76.4. The van der Waals surface area contributed by atoms with Crippen molar-refractivity contribution in [3.63, 3.8) is 0 Å². The fourth-order valence-corrected chi connectivity index (χ4v) is 13.7. The third-order valence-electron chi connectivity index (χ3n) is 19.4. The van der Waals surface area contributed by atoms with E-state index in [1.54, 1.807) is 0 Å². The van der Waals surface area contributed by atoms with Crippen LogP contribution in [0.5, 0.6) is 0 Å². The molecule has 0 aliphatic heterocycles. The lowest BCUT2D eigenvalue weighted by molar-refractivity contribution is -0.870. The van der Waals surface area contributed by atoms with E-state index < -0.39 is 26.5 Å². The minimum absolute atomic E-state index is 0.0275. The molecular formula is C85H164NO8P. The van der Waals surface area contributed by atoms with E-state index in [0.29, 0.717) is 17.4 Å². The summed E-state index contributed by atoms with van der Waals surface area (Å²) in [5.41, 5.74) is 0. The Morgan fingerprint density at radius 1 is 0.326 bits per heavy atom. The van der Waals surface area contributed by atoms with E-state index in [-0.39, 0.29) is 32.0 Å². The summed E-state index contributed by atoms with van der Waals surface area (Å²) in [5, 5.41) is 0. The highest BCUT2D eigenvalue weighted by atomic mass is 31.2. The van der Waals surface area contributed by atoms with Gasteiger partial charge in [0, 0.05) is 12.8 Å². The maximum absolute atomic E-state index is 12.9. The molecule has 0 bridgehead atoms. The Kier molecular flexibility index (Phi) is 75.0. The van der Waals surface area contributed by atoms with Crippen LogP contribution in [0.25, 0.3) is 0 Å². The van der Waals surface area contributed by atoms with Gasteiger partial charge in [-0.05, 0) is 51.4 Å². The fourth-order valence-electron chi connectivity index (χ4n) is 13.0. The summed E-state index contributed by atoms with van der Waals surface area (Å²) in [4.78, 5) is 38.2. The number of quaternary nitrogens is 1. The highest BCUT2D eigenvalue weighted by molar-refractivity contribution is 7.45. The molecule has 0 aliphatic rings. The van der Waals surface area contributed by atoms with Crippen LogP contribution in [0, 0.1) is 0 Å². The van der Waals surface area contributed by atoms with Crippen LogP contribution in [0.4, 0.5) is 0 Å². The lowest BCUT2D eigenvalue weighted by Gasteiger charge is -2.28. The smallest absolute Gasteiger partial charge is 0.306 e. The zero-order valence-corrected chi connectivity index (χ0v) is 65.3. The Morgan fingerprint density at radius 3 is 0.842 bits per heavy atom. The first-order valence-corrected chi connectivity index (χ1v) is 43.7. The van der Waals surface area contributed by atoms with Crippen LogP contribution in [0.1, 0.15) is 444 Å². The second-order valence-corrected chi connectivity index (χ2v) is 31.6. The minimum Gasteiger partial charge on any atom is -0.756 e. The molecule has 9 nitrogen and oxygen atoms in total. The Labute approximate surface area is 592 Å². The minimum atomic E-state index is -4.64. The number of rotatable bonds is 80. The van der Waals surface area contributed by atoms with E-state index in [2.05, 4.69) is 50.3 Å². The average molecular weight is 1360 g/mol. The molecule has 2 atom stereocenters. The lowest BCUT2D eigenvalue weighted by atomic mass is 10.0. The van der Waals surface area contributed by atoms with Crippen molar-refractivity contribution in [2.45, 2.75) is 450 Å². The molecule has 0 aromatic rings. The van der Waals surface area contributed by atoms with Crippen molar-refractivity contribution in [3.8, 4) is 0 Å². The number of hydrogen-bond acceptors (Lipinski definition) is 8. The lowest BCUT2D eigenvalue weighted by Crippen LogP contribution is -2.37. The Hall–Kier alpha value is -1.77. The molecule has 562 valence electrons. The van der Waals surface area contributed by atoms with Gasteiger partial charge in [-0.3, -0.25) is 14.2 Å². The number of hydrogen-bond donors (Lipinski definition) is 0. The van der Waals surface area contributed by atoms with Gasteiger partial charge >= 0.3 is 11.9 Å². The van der Waals surface area contributed by atoms with E-state index >= 15 is 0 Å². The van der Waals surface area contributed by atoms with Crippen LogP contribution in [0.3, 0.4) is 0 Å². The topological polar surface area (TPSA) is 111 Å². The predicted molar refractivity (Wildman–Crippen MR) is 411 cm³/mol. The molecule has 2 unspecified atom stereocenters. The summed E-state index contributed by atoms with van der Waals surface area (Å²) in [7, 11) is 1.19. The van der Waals surface area contributed by atoms with Gasteiger partial charge in [0.2, 0.25) is 0 Å². The van der Waals surface area contributed by atoms with E-state index in [9.17, 15) is 19.0 Å². The molecule has 0 radical (unpaired) electrons. The van der Waals surface area contributed by atoms with Gasteiger partial charge in [0.05, 0.1) is 27.7 Å². The third-order valence-corrected chi connectivity index (χ3v) is 20.4. The maximum Gasteiger partial charge on any atom is 0.306 e. The van der Waals surface area contributed by atoms with Gasteiger partial charge in [0.1, 0.15) is 19.8 Å². The van der Waals surface area contributed by atoms with Gasteiger partial charge in [0.25, 0.3) is 7.82 Å². The molecule has 95 heavy (non-hydrogen) atoms. The number of nitrogens with zero attached hydrogens (tertiary/aromatic N) is 1. The van der Waals surface area contributed by atoms with Crippen LogP contribution in [0.15, 0.2) is 36.5 Å². The first-order valence-electron chi connectivity index (χ1n) is 42.2. The Morgan fingerprint density at radius 2 is 0.568 bits per heavy atom. The monoisotopic (exact) mass is 1360 g/mol. The zero-order valence-electron chi connectivity index (χ0n) is 64.4. The van der Waals surface area contributed by atoms with E-state index in [1.807, 2.05) is 21.1 Å². The first-order chi connectivity index (χ1) is 46.5. The van der Waals surface area contributed by atoms with Gasteiger partial charge in [-0.15, -0.1) is 0 Å². The second-order valence-electron chi connectivity index (χ2n) is 30.2. The van der Waals surface area contributed by atoms with E-state index in [1.165, 1.54) is 366 Å². The molecule has 0 heterocycles. The highest BCUT2D eigenvalue weighted by Crippen LogP contribution is 2.38. The zero-order chi connectivity index (χ0) is 69.0. The summed E-state index contributed by atoms with van der Waals surface area (Å²) >= 11 is 0. The number of carbonyl (C=O) groups excluding carboxylic acids is 2. The summed E-state index contributed by atoms with van der Waals surface area (Å²) in [6.45, 7) is 4.32. The largest absolute Gasteiger partial charge is 0.756 e. The number of esters is 2. The first kappa shape index (κ1) is 93.2. The van der Waals surface area contributed by atoms with Crippen molar-refractivity contribution in [2.75, 3.05) is 47.5 Å². The summed E-state index contributed by atoms with van der Waals surface area (Å²) in [6, 6.07) is 0. The van der Waals surface area contributed by atoms with Crippen molar-refractivity contribution < 1.29 is 42.1 Å². The molecule has 10 heteroatoms. The van der Waals surface area contributed by atoms with E-state index in [0.717, 1.165) is 44.9 Å². The Balaban J connectivity index is 3.87.